The van der Waals surface area contributed by atoms with Crippen LogP contribution >= 0.6 is 0 Å². The van der Waals surface area contributed by atoms with Crippen molar-refractivity contribution in [1.82, 2.24) is 19.9 Å². The van der Waals surface area contributed by atoms with Gasteiger partial charge in [0.1, 0.15) is 5.60 Å². The van der Waals surface area contributed by atoms with Gasteiger partial charge < -0.3 is 9.47 Å². The molecule has 0 bridgehead atoms. The molecule has 3 fully saturated rings. The lowest BCUT2D eigenvalue weighted by molar-refractivity contribution is -0.170. The van der Waals surface area contributed by atoms with Crippen molar-refractivity contribution in [3.8, 4) is 0 Å². The van der Waals surface area contributed by atoms with E-state index in [0.29, 0.717) is 0 Å². The van der Waals surface area contributed by atoms with E-state index < -0.39 is 0 Å². The molecule has 0 amide bonds. The summed E-state index contributed by atoms with van der Waals surface area (Å²) in [6.07, 6.45) is 6.19. The van der Waals surface area contributed by atoms with Gasteiger partial charge >= 0.3 is 0 Å². The van der Waals surface area contributed by atoms with Crippen molar-refractivity contribution in [2.45, 2.75) is 64.0 Å². The van der Waals surface area contributed by atoms with Crippen LogP contribution in [-0.4, -0.2) is 57.4 Å². The predicted molar refractivity (Wildman–Crippen MR) is 81.3 cm³/mol. The molecule has 122 valence electrons. The Kier molecular flexibility index (Phi) is 3.71. The van der Waals surface area contributed by atoms with Crippen molar-refractivity contribution in [2.75, 3.05) is 19.7 Å². The Morgan fingerprint density at radius 2 is 2.23 bits per heavy atom. The molecule has 0 radical (unpaired) electrons. The maximum Gasteiger partial charge on any atom is 0.109 e. The summed E-state index contributed by atoms with van der Waals surface area (Å²) in [5.74, 6) is 0.831. The molecule has 1 aromatic heterocycles. The SMILES string of the molecule is CC1CN(Cc2cn(CC3CC3)nn2)CC2(CCOC2C)O1. The molecule has 6 heteroatoms. The number of ether oxygens (including phenoxy) is 2. The van der Waals surface area contributed by atoms with Crippen molar-refractivity contribution >= 4 is 0 Å². The lowest BCUT2D eigenvalue weighted by Crippen LogP contribution is -2.57. The maximum absolute atomic E-state index is 6.27. The van der Waals surface area contributed by atoms with E-state index in [1.165, 1.54) is 12.8 Å². The van der Waals surface area contributed by atoms with Crippen LogP contribution in [0, 0.1) is 5.92 Å². The number of aromatic nitrogens is 3. The summed E-state index contributed by atoms with van der Waals surface area (Å²) >= 11 is 0. The summed E-state index contributed by atoms with van der Waals surface area (Å²) in [6.45, 7) is 8.85. The van der Waals surface area contributed by atoms with Gasteiger partial charge in [-0.05, 0) is 32.6 Å². The first-order valence-electron chi connectivity index (χ1n) is 8.54. The highest BCUT2D eigenvalue weighted by Crippen LogP contribution is 2.35. The Bertz CT molecular complexity index is 530. The van der Waals surface area contributed by atoms with Gasteiger partial charge in [-0.2, -0.15) is 0 Å². The fourth-order valence-electron chi connectivity index (χ4n) is 3.82. The summed E-state index contributed by atoms with van der Waals surface area (Å²) in [4.78, 5) is 2.45. The number of nitrogens with zero attached hydrogens (tertiary/aromatic N) is 4. The quantitative estimate of drug-likeness (QED) is 0.843. The second kappa shape index (κ2) is 5.58. The number of hydrogen-bond acceptors (Lipinski definition) is 5. The van der Waals surface area contributed by atoms with Crippen molar-refractivity contribution in [1.29, 1.82) is 0 Å². The van der Waals surface area contributed by atoms with E-state index in [1.54, 1.807) is 0 Å². The van der Waals surface area contributed by atoms with Crippen LogP contribution in [0.1, 0.15) is 38.8 Å². The van der Waals surface area contributed by atoms with Gasteiger partial charge in [-0.1, -0.05) is 5.21 Å². The molecule has 3 heterocycles. The molecule has 3 unspecified atom stereocenters. The topological polar surface area (TPSA) is 52.4 Å². The molecule has 3 atom stereocenters. The van der Waals surface area contributed by atoms with Gasteiger partial charge in [0.15, 0.2) is 0 Å². The molecular formula is C16H26N4O2. The van der Waals surface area contributed by atoms with Crippen LogP contribution in [0.2, 0.25) is 0 Å². The smallest absolute Gasteiger partial charge is 0.109 e. The highest BCUT2D eigenvalue weighted by Gasteiger charge is 2.47. The first kappa shape index (κ1) is 14.6. The van der Waals surface area contributed by atoms with Gasteiger partial charge in [-0.25, -0.2) is 0 Å². The van der Waals surface area contributed by atoms with Gasteiger partial charge in [0, 0.05) is 45.4 Å². The molecule has 1 aliphatic carbocycles. The highest BCUT2D eigenvalue weighted by atomic mass is 16.6. The Hall–Kier alpha value is -0.980. The summed E-state index contributed by atoms with van der Waals surface area (Å²) in [5, 5.41) is 8.62. The zero-order chi connectivity index (χ0) is 15.2. The normalized spacial score (nSPS) is 36.3. The van der Waals surface area contributed by atoms with Crippen LogP contribution in [0.25, 0.3) is 0 Å². The predicted octanol–water partition coefficient (Wildman–Crippen LogP) is 1.46. The average Bonchev–Trinajstić information content (AvgIpc) is 3.07. The maximum atomic E-state index is 6.27. The second-order valence-electron chi connectivity index (χ2n) is 7.30. The molecule has 2 saturated heterocycles. The third kappa shape index (κ3) is 2.92. The van der Waals surface area contributed by atoms with Crippen molar-refractivity contribution in [3.63, 3.8) is 0 Å². The minimum atomic E-state index is -0.137. The van der Waals surface area contributed by atoms with E-state index >= 15 is 0 Å². The average molecular weight is 306 g/mol. The molecule has 22 heavy (non-hydrogen) atoms. The van der Waals surface area contributed by atoms with E-state index in [4.69, 9.17) is 9.47 Å². The van der Waals surface area contributed by atoms with Crippen molar-refractivity contribution in [3.05, 3.63) is 11.9 Å². The van der Waals surface area contributed by atoms with Crippen molar-refractivity contribution < 1.29 is 9.47 Å². The summed E-state index contributed by atoms with van der Waals surface area (Å²) in [6, 6.07) is 0. The van der Waals surface area contributed by atoms with Crippen LogP contribution in [0.4, 0.5) is 0 Å². The Morgan fingerprint density at radius 3 is 2.95 bits per heavy atom. The first-order chi connectivity index (χ1) is 10.6. The summed E-state index contributed by atoms with van der Waals surface area (Å²) < 4.78 is 14.0. The molecule has 6 nitrogen and oxygen atoms in total. The minimum absolute atomic E-state index is 0.137. The van der Waals surface area contributed by atoms with Gasteiger partial charge in [0.2, 0.25) is 0 Å². The first-order valence-corrected chi connectivity index (χ1v) is 8.54. The Labute approximate surface area is 131 Å². The second-order valence-corrected chi connectivity index (χ2v) is 7.30. The van der Waals surface area contributed by atoms with Gasteiger partial charge in [0.05, 0.1) is 17.9 Å². The van der Waals surface area contributed by atoms with E-state index in [1.807, 2.05) is 4.68 Å². The number of morpholine rings is 1. The van der Waals surface area contributed by atoms with E-state index in [2.05, 4.69) is 35.3 Å². The fraction of sp³-hybridized carbons (Fsp3) is 0.875. The van der Waals surface area contributed by atoms with Crippen LogP contribution in [0.15, 0.2) is 6.20 Å². The fourth-order valence-corrected chi connectivity index (χ4v) is 3.82. The third-order valence-corrected chi connectivity index (χ3v) is 5.19. The molecule has 3 aliphatic rings. The lowest BCUT2D eigenvalue weighted by atomic mass is 9.93. The van der Waals surface area contributed by atoms with E-state index in [0.717, 1.165) is 50.8 Å². The molecule has 0 aromatic carbocycles. The van der Waals surface area contributed by atoms with Gasteiger partial charge in [0.25, 0.3) is 0 Å². The largest absolute Gasteiger partial charge is 0.375 e. The third-order valence-electron chi connectivity index (χ3n) is 5.19. The molecule has 2 aliphatic heterocycles. The molecular weight excluding hydrogens is 280 g/mol. The summed E-state index contributed by atoms with van der Waals surface area (Å²) in [7, 11) is 0. The monoisotopic (exact) mass is 306 g/mol. The zero-order valence-electron chi connectivity index (χ0n) is 13.6. The minimum Gasteiger partial charge on any atom is -0.375 e. The highest BCUT2D eigenvalue weighted by molar-refractivity contribution is 5.01. The molecule has 1 spiro atoms. The van der Waals surface area contributed by atoms with Gasteiger partial charge in [-0.3, -0.25) is 9.58 Å². The van der Waals surface area contributed by atoms with Crippen LogP contribution in [-0.2, 0) is 22.6 Å². The Morgan fingerprint density at radius 1 is 1.36 bits per heavy atom. The molecule has 1 saturated carbocycles. The molecule has 1 aromatic rings. The lowest BCUT2D eigenvalue weighted by Gasteiger charge is -2.44. The van der Waals surface area contributed by atoms with Crippen LogP contribution in [0.5, 0.6) is 0 Å². The zero-order valence-corrected chi connectivity index (χ0v) is 13.6. The number of rotatable bonds is 4. The van der Waals surface area contributed by atoms with Gasteiger partial charge in [-0.15, -0.1) is 5.10 Å². The van der Waals surface area contributed by atoms with E-state index in [9.17, 15) is 0 Å². The summed E-state index contributed by atoms with van der Waals surface area (Å²) in [5.41, 5.74) is 0.929. The van der Waals surface area contributed by atoms with Crippen LogP contribution < -0.4 is 0 Å². The van der Waals surface area contributed by atoms with E-state index in [-0.39, 0.29) is 17.8 Å². The molecule has 0 N–H and O–H groups in total. The number of hydrogen-bond donors (Lipinski definition) is 0. The molecule has 4 rings (SSSR count). The Balaban J connectivity index is 1.41. The van der Waals surface area contributed by atoms with Crippen molar-refractivity contribution in [2.24, 2.45) is 5.92 Å². The standard InChI is InChI=1S/C16H26N4O2/c1-12-7-19(11-16(22-12)5-6-21-13(16)2)9-15-10-20(18-17-15)8-14-3-4-14/h10,12-14H,3-9,11H2,1-2H3. The van der Waals surface area contributed by atoms with Crippen LogP contribution in [0.3, 0.4) is 0 Å².